The van der Waals surface area contributed by atoms with E-state index in [4.69, 9.17) is 4.74 Å². The first-order chi connectivity index (χ1) is 10.1. The maximum atomic E-state index is 12.5. The molecule has 0 bridgehead atoms. The van der Waals surface area contributed by atoms with Gasteiger partial charge < -0.3 is 4.74 Å². The fraction of sp³-hybridized carbons (Fsp3) is 0.412. The Morgan fingerprint density at radius 2 is 1.95 bits per heavy atom. The Labute approximate surface area is 125 Å². The van der Waals surface area contributed by atoms with Crippen molar-refractivity contribution in [3.05, 3.63) is 53.9 Å². The number of aromatic nitrogens is 2. The van der Waals surface area contributed by atoms with Crippen LogP contribution in [0.5, 0.6) is 0 Å². The van der Waals surface area contributed by atoms with E-state index in [1.807, 2.05) is 54.2 Å². The van der Waals surface area contributed by atoms with Crippen molar-refractivity contribution in [1.29, 1.82) is 0 Å². The lowest BCUT2D eigenvalue weighted by atomic mass is 10.0. The van der Waals surface area contributed by atoms with E-state index in [9.17, 15) is 4.79 Å². The minimum atomic E-state index is -0.514. The Morgan fingerprint density at radius 1 is 1.24 bits per heavy atom. The van der Waals surface area contributed by atoms with Crippen molar-refractivity contribution in [1.82, 2.24) is 9.78 Å². The largest absolute Gasteiger partial charge is 0.366 e. The van der Waals surface area contributed by atoms with Crippen molar-refractivity contribution in [3.63, 3.8) is 0 Å². The molecule has 4 nitrogen and oxygen atoms in total. The Bertz CT molecular complexity index is 575. The lowest BCUT2D eigenvalue weighted by Gasteiger charge is -2.15. The number of nitrogens with zero attached hydrogens (tertiary/aromatic N) is 2. The number of hydrogen-bond acceptors (Lipinski definition) is 3. The predicted molar refractivity (Wildman–Crippen MR) is 82.1 cm³/mol. The molecule has 0 amide bonds. The van der Waals surface area contributed by atoms with Crippen LogP contribution in [0.3, 0.4) is 0 Å². The average molecular weight is 286 g/mol. The minimum absolute atomic E-state index is 0.0389. The van der Waals surface area contributed by atoms with Crippen molar-refractivity contribution in [3.8, 4) is 0 Å². The molecule has 0 N–H and O–H groups in total. The molecule has 0 saturated heterocycles. The number of rotatable bonds is 7. The molecule has 0 saturated carbocycles. The molecular weight excluding hydrogens is 264 g/mol. The summed E-state index contributed by atoms with van der Waals surface area (Å²) >= 11 is 0. The topological polar surface area (TPSA) is 44.1 Å². The number of carbonyl (C=O) groups excluding carboxylic acids is 1. The fourth-order valence-corrected chi connectivity index (χ4v) is 2.20. The third-order valence-electron chi connectivity index (χ3n) is 3.28. The highest BCUT2D eigenvalue weighted by atomic mass is 16.5. The zero-order chi connectivity index (χ0) is 15.2. The van der Waals surface area contributed by atoms with Gasteiger partial charge in [0.2, 0.25) is 0 Å². The van der Waals surface area contributed by atoms with Crippen molar-refractivity contribution in [2.45, 2.75) is 39.3 Å². The summed E-state index contributed by atoms with van der Waals surface area (Å²) < 4.78 is 7.49. The second-order valence-corrected chi connectivity index (χ2v) is 5.27. The van der Waals surface area contributed by atoms with Gasteiger partial charge in [0.15, 0.2) is 5.78 Å². The van der Waals surface area contributed by atoms with Gasteiger partial charge in [-0.25, -0.2) is 0 Å². The molecule has 1 aromatic carbocycles. The van der Waals surface area contributed by atoms with Gasteiger partial charge in [0, 0.05) is 18.8 Å². The standard InChI is InChI=1S/C17H22N2O2/c1-4-21-17(14-8-6-5-7-9-14)16(20)12-15-10-11-19(18-15)13(2)3/h5-11,13,17H,4,12H2,1-3H3. The first-order valence-corrected chi connectivity index (χ1v) is 7.35. The van der Waals surface area contributed by atoms with Crippen LogP contribution >= 0.6 is 0 Å². The number of ether oxygens (including phenoxy) is 1. The van der Waals surface area contributed by atoms with Gasteiger partial charge in [-0.05, 0) is 32.4 Å². The van der Waals surface area contributed by atoms with E-state index in [1.54, 1.807) is 0 Å². The molecular formula is C17H22N2O2. The average Bonchev–Trinajstić information content (AvgIpc) is 2.94. The Hall–Kier alpha value is -1.94. The van der Waals surface area contributed by atoms with Gasteiger partial charge in [0.25, 0.3) is 0 Å². The van der Waals surface area contributed by atoms with Crippen LogP contribution in [-0.4, -0.2) is 22.2 Å². The van der Waals surface area contributed by atoms with Crippen LogP contribution in [0.2, 0.25) is 0 Å². The number of carbonyl (C=O) groups is 1. The van der Waals surface area contributed by atoms with Crippen molar-refractivity contribution < 1.29 is 9.53 Å². The summed E-state index contributed by atoms with van der Waals surface area (Å²) in [5.41, 5.74) is 1.68. The number of Topliss-reactive ketones (excluding diaryl/α,β-unsaturated/α-hetero) is 1. The normalized spacial score (nSPS) is 12.6. The van der Waals surface area contributed by atoms with Gasteiger partial charge >= 0.3 is 0 Å². The third kappa shape index (κ3) is 4.02. The predicted octanol–water partition coefficient (Wildman–Crippen LogP) is 3.35. The quantitative estimate of drug-likeness (QED) is 0.784. The number of ketones is 1. The molecule has 112 valence electrons. The van der Waals surface area contributed by atoms with Crippen molar-refractivity contribution in [2.24, 2.45) is 0 Å². The molecule has 1 atom stereocenters. The van der Waals surface area contributed by atoms with E-state index in [1.165, 1.54) is 0 Å². The third-order valence-corrected chi connectivity index (χ3v) is 3.28. The minimum Gasteiger partial charge on any atom is -0.366 e. The molecule has 1 heterocycles. The van der Waals surface area contributed by atoms with Crippen molar-refractivity contribution in [2.75, 3.05) is 6.61 Å². The summed E-state index contributed by atoms with van der Waals surface area (Å²) in [4.78, 5) is 12.5. The highest BCUT2D eigenvalue weighted by Crippen LogP contribution is 2.20. The van der Waals surface area contributed by atoms with E-state index in [-0.39, 0.29) is 5.78 Å². The maximum Gasteiger partial charge on any atom is 0.172 e. The van der Waals surface area contributed by atoms with Gasteiger partial charge in [-0.3, -0.25) is 9.48 Å². The molecule has 1 aromatic heterocycles. The molecule has 2 aromatic rings. The molecule has 21 heavy (non-hydrogen) atoms. The van der Waals surface area contributed by atoms with Crippen LogP contribution in [0.15, 0.2) is 42.6 Å². The number of hydrogen-bond donors (Lipinski definition) is 0. The molecule has 0 fully saturated rings. The van der Waals surface area contributed by atoms with Crippen LogP contribution in [0.25, 0.3) is 0 Å². The van der Waals surface area contributed by atoms with Crippen LogP contribution in [-0.2, 0) is 16.0 Å². The Morgan fingerprint density at radius 3 is 2.52 bits per heavy atom. The number of benzene rings is 1. The summed E-state index contributed by atoms with van der Waals surface area (Å²) in [7, 11) is 0. The first-order valence-electron chi connectivity index (χ1n) is 7.35. The fourth-order valence-electron chi connectivity index (χ4n) is 2.20. The molecule has 0 spiro atoms. The van der Waals surface area contributed by atoms with E-state index in [0.717, 1.165) is 11.3 Å². The molecule has 4 heteroatoms. The van der Waals surface area contributed by atoms with Crippen molar-refractivity contribution >= 4 is 5.78 Å². The summed E-state index contributed by atoms with van der Waals surface area (Å²) in [5, 5.41) is 4.43. The van der Waals surface area contributed by atoms with Crippen LogP contribution in [0, 0.1) is 0 Å². The van der Waals surface area contributed by atoms with Gasteiger partial charge in [-0.1, -0.05) is 30.3 Å². The monoisotopic (exact) mass is 286 g/mol. The van der Waals surface area contributed by atoms with Gasteiger partial charge in [-0.15, -0.1) is 0 Å². The SMILES string of the molecule is CCOC(C(=O)Cc1ccn(C(C)C)n1)c1ccccc1. The van der Waals surface area contributed by atoms with Gasteiger partial charge in [0.05, 0.1) is 12.1 Å². The zero-order valence-corrected chi connectivity index (χ0v) is 12.8. The van der Waals surface area contributed by atoms with E-state index < -0.39 is 6.10 Å². The molecule has 0 radical (unpaired) electrons. The van der Waals surface area contributed by atoms with E-state index in [2.05, 4.69) is 18.9 Å². The lowest BCUT2D eigenvalue weighted by Crippen LogP contribution is -2.18. The lowest BCUT2D eigenvalue weighted by molar-refractivity contribution is -0.130. The Kier molecular flexibility index (Phi) is 5.28. The summed E-state index contributed by atoms with van der Waals surface area (Å²) in [5.74, 6) is 0.0389. The first kappa shape index (κ1) is 15.4. The highest BCUT2D eigenvalue weighted by molar-refractivity contribution is 5.86. The van der Waals surface area contributed by atoms with E-state index >= 15 is 0 Å². The van der Waals surface area contributed by atoms with Gasteiger partial charge in [-0.2, -0.15) is 5.10 Å². The zero-order valence-electron chi connectivity index (χ0n) is 12.8. The maximum absolute atomic E-state index is 12.5. The molecule has 1 unspecified atom stereocenters. The molecule has 0 aliphatic heterocycles. The summed E-state index contributed by atoms with van der Waals surface area (Å²) in [6.45, 7) is 6.53. The smallest absolute Gasteiger partial charge is 0.172 e. The van der Waals surface area contributed by atoms with E-state index in [0.29, 0.717) is 19.1 Å². The van der Waals surface area contributed by atoms with Crippen LogP contribution in [0.1, 0.15) is 44.2 Å². The molecule has 0 aliphatic carbocycles. The van der Waals surface area contributed by atoms with Crippen LogP contribution in [0.4, 0.5) is 0 Å². The highest BCUT2D eigenvalue weighted by Gasteiger charge is 2.21. The summed E-state index contributed by atoms with van der Waals surface area (Å²) in [6, 6.07) is 11.8. The second-order valence-electron chi connectivity index (χ2n) is 5.27. The molecule has 0 aliphatic rings. The molecule has 2 rings (SSSR count). The Balaban J connectivity index is 2.11. The van der Waals surface area contributed by atoms with Crippen LogP contribution < -0.4 is 0 Å². The summed E-state index contributed by atoms with van der Waals surface area (Å²) in [6.07, 6.45) is 1.69. The van der Waals surface area contributed by atoms with Gasteiger partial charge in [0.1, 0.15) is 6.10 Å². The second kappa shape index (κ2) is 7.18.